The maximum Gasteiger partial charge on any atom is 0.237 e. The van der Waals surface area contributed by atoms with Gasteiger partial charge >= 0.3 is 0 Å². The van der Waals surface area contributed by atoms with E-state index in [9.17, 15) is 14.7 Å². The van der Waals surface area contributed by atoms with E-state index in [0.717, 1.165) is 25.7 Å². The Morgan fingerprint density at radius 2 is 1.56 bits per heavy atom. The molecule has 2 amide bonds. The molecular weight excluding hydrogens is 230 g/mol. The van der Waals surface area contributed by atoms with E-state index >= 15 is 0 Å². The summed E-state index contributed by atoms with van der Waals surface area (Å²) in [5.41, 5.74) is 0.321. The van der Waals surface area contributed by atoms with Gasteiger partial charge in [0.25, 0.3) is 0 Å². The van der Waals surface area contributed by atoms with Crippen molar-refractivity contribution in [1.82, 2.24) is 0 Å². The lowest BCUT2D eigenvalue weighted by Gasteiger charge is -2.19. The Morgan fingerprint density at radius 1 is 1.00 bits per heavy atom. The van der Waals surface area contributed by atoms with E-state index in [4.69, 9.17) is 0 Å². The van der Waals surface area contributed by atoms with Crippen molar-refractivity contribution in [3.63, 3.8) is 0 Å². The van der Waals surface area contributed by atoms with E-state index in [1.165, 1.54) is 11.0 Å². The summed E-state index contributed by atoms with van der Waals surface area (Å²) in [6.45, 7) is 0. The van der Waals surface area contributed by atoms with E-state index in [0.29, 0.717) is 5.69 Å². The van der Waals surface area contributed by atoms with Crippen molar-refractivity contribution >= 4 is 17.5 Å². The molecule has 0 unspecified atom stereocenters. The molecule has 0 spiro atoms. The molecule has 2 aliphatic rings. The highest BCUT2D eigenvalue weighted by atomic mass is 16.3. The quantitative estimate of drug-likeness (QED) is 0.770. The van der Waals surface area contributed by atoms with Crippen LogP contribution < -0.4 is 4.90 Å². The summed E-state index contributed by atoms with van der Waals surface area (Å²) in [6.07, 6.45) is 3.60. The minimum atomic E-state index is -0.175. The van der Waals surface area contributed by atoms with Crippen LogP contribution in [-0.4, -0.2) is 16.9 Å². The van der Waals surface area contributed by atoms with Crippen LogP contribution in [0, 0.1) is 11.8 Å². The van der Waals surface area contributed by atoms with Gasteiger partial charge in [-0.05, 0) is 25.0 Å². The molecule has 94 valence electrons. The van der Waals surface area contributed by atoms with Gasteiger partial charge in [0.05, 0.1) is 17.5 Å². The number of carbonyl (C=O) groups excluding carboxylic acids is 2. The molecule has 18 heavy (non-hydrogen) atoms. The molecule has 1 aliphatic heterocycles. The average molecular weight is 245 g/mol. The Balaban J connectivity index is 2.00. The number of aromatic hydroxyl groups is 1. The maximum absolute atomic E-state index is 12.3. The Labute approximate surface area is 105 Å². The summed E-state index contributed by atoms with van der Waals surface area (Å²) < 4.78 is 0. The Bertz CT molecular complexity index is 488. The Morgan fingerprint density at radius 3 is 2.11 bits per heavy atom. The summed E-state index contributed by atoms with van der Waals surface area (Å²) in [5.74, 6) is -0.660. The van der Waals surface area contributed by atoms with Gasteiger partial charge in [0.2, 0.25) is 11.8 Å². The van der Waals surface area contributed by atoms with Crippen molar-refractivity contribution in [2.75, 3.05) is 4.90 Å². The zero-order valence-corrected chi connectivity index (χ0v) is 10.0. The topological polar surface area (TPSA) is 57.6 Å². The molecule has 2 fully saturated rings. The molecule has 0 aromatic heterocycles. The molecule has 1 N–H and O–H groups in total. The zero-order valence-electron chi connectivity index (χ0n) is 10.0. The van der Waals surface area contributed by atoms with Crippen LogP contribution in [0.1, 0.15) is 25.7 Å². The lowest BCUT2D eigenvalue weighted by atomic mass is 9.81. The number of anilines is 1. The minimum Gasteiger partial charge on any atom is -0.506 e. The summed E-state index contributed by atoms with van der Waals surface area (Å²) in [5, 5.41) is 9.79. The predicted molar refractivity (Wildman–Crippen MR) is 66.0 cm³/mol. The molecule has 3 rings (SSSR count). The van der Waals surface area contributed by atoms with Gasteiger partial charge in [-0.1, -0.05) is 25.0 Å². The fourth-order valence-electron chi connectivity index (χ4n) is 3.05. The van der Waals surface area contributed by atoms with Crippen molar-refractivity contribution in [3.05, 3.63) is 24.3 Å². The number of carbonyl (C=O) groups is 2. The summed E-state index contributed by atoms with van der Waals surface area (Å²) in [7, 11) is 0. The van der Waals surface area contributed by atoms with Crippen LogP contribution in [0.3, 0.4) is 0 Å². The van der Waals surface area contributed by atoms with E-state index < -0.39 is 0 Å². The third-order valence-corrected chi connectivity index (χ3v) is 3.96. The molecule has 0 bridgehead atoms. The predicted octanol–water partition coefficient (Wildman–Crippen LogP) is 2.07. The summed E-state index contributed by atoms with van der Waals surface area (Å²) >= 11 is 0. The molecule has 2 atom stereocenters. The van der Waals surface area contributed by atoms with Crippen LogP contribution in [0.2, 0.25) is 0 Å². The highest BCUT2D eigenvalue weighted by Gasteiger charge is 2.49. The second kappa shape index (κ2) is 4.12. The van der Waals surface area contributed by atoms with Crippen LogP contribution in [0.4, 0.5) is 5.69 Å². The van der Waals surface area contributed by atoms with E-state index in [2.05, 4.69) is 0 Å². The highest BCUT2D eigenvalue weighted by molar-refractivity contribution is 6.22. The summed E-state index contributed by atoms with van der Waals surface area (Å²) in [4.78, 5) is 25.8. The van der Waals surface area contributed by atoms with Crippen LogP contribution in [0.25, 0.3) is 0 Å². The SMILES string of the molecule is O=C1[C@H]2CCCC[C@@H]2C(=O)N1c1ccccc1O. The minimum absolute atomic E-state index is 0.0159. The number of phenolic OH excluding ortho intramolecular Hbond substituents is 1. The summed E-state index contributed by atoms with van der Waals surface area (Å²) in [6, 6.07) is 6.51. The lowest BCUT2D eigenvalue weighted by Crippen LogP contribution is -2.30. The van der Waals surface area contributed by atoms with Crippen LogP contribution >= 0.6 is 0 Å². The molecule has 1 heterocycles. The molecule has 0 radical (unpaired) electrons. The van der Waals surface area contributed by atoms with Gasteiger partial charge in [0.1, 0.15) is 5.75 Å². The fraction of sp³-hybridized carbons (Fsp3) is 0.429. The third-order valence-electron chi connectivity index (χ3n) is 3.96. The van der Waals surface area contributed by atoms with Crippen molar-refractivity contribution in [2.45, 2.75) is 25.7 Å². The lowest BCUT2D eigenvalue weighted by molar-refractivity contribution is -0.122. The number of nitrogens with zero attached hydrogens (tertiary/aromatic N) is 1. The van der Waals surface area contributed by atoms with Crippen LogP contribution in [0.15, 0.2) is 24.3 Å². The first-order valence-corrected chi connectivity index (χ1v) is 6.36. The fourth-order valence-corrected chi connectivity index (χ4v) is 3.05. The standard InChI is InChI=1S/C14H15NO3/c16-12-8-4-3-7-11(12)15-13(17)9-5-1-2-6-10(9)14(15)18/h3-4,7-10,16H,1-2,5-6H2/t9-,10-/m0/s1. The molecular formula is C14H15NO3. The second-order valence-corrected chi connectivity index (χ2v) is 5.00. The zero-order chi connectivity index (χ0) is 12.7. The number of para-hydroxylation sites is 2. The molecule has 1 aromatic carbocycles. The molecule has 1 aromatic rings. The Hall–Kier alpha value is -1.84. The number of phenols is 1. The first-order chi connectivity index (χ1) is 8.70. The van der Waals surface area contributed by atoms with Gasteiger partial charge in [0, 0.05) is 0 Å². The first-order valence-electron chi connectivity index (χ1n) is 6.36. The molecule has 1 saturated carbocycles. The van der Waals surface area contributed by atoms with Crippen molar-refractivity contribution < 1.29 is 14.7 Å². The van der Waals surface area contributed by atoms with Gasteiger partial charge < -0.3 is 5.11 Å². The number of imide groups is 1. The van der Waals surface area contributed by atoms with Gasteiger partial charge in [-0.25, -0.2) is 4.90 Å². The van der Waals surface area contributed by atoms with E-state index in [1.54, 1.807) is 18.2 Å². The largest absolute Gasteiger partial charge is 0.506 e. The van der Waals surface area contributed by atoms with Gasteiger partial charge in [-0.3, -0.25) is 9.59 Å². The second-order valence-electron chi connectivity index (χ2n) is 5.00. The number of fused-ring (bicyclic) bond motifs is 1. The smallest absolute Gasteiger partial charge is 0.237 e. The van der Waals surface area contributed by atoms with Gasteiger partial charge in [-0.15, -0.1) is 0 Å². The maximum atomic E-state index is 12.3. The highest BCUT2D eigenvalue weighted by Crippen LogP contribution is 2.41. The van der Waals surface area contributed by atoms with Gasteiger partial charge in [0.15, 0.2) is 0 Å². The monoisotopic (exact) mass is 245 g/mol. The normalized spacial score (nSPS) is 27.4. The molecule has 4 nitrogen and oxygen atoms in total. The number of hydrogen-bond donors (Lipinski definition) is 1. The number of rotatable bonds is 1. The van der Waals surface area contributed by atoms with Crippen LogP contribution in [0.5, 0.6) is 5.75 Å². The van der Waals surface area contributed by atoms with Gasteiger partial charge in [-0.2, -0.15) is 0 Å². The number of amides is 2. The molecule has 4 heteroatoms. The molecule has 1 saturated heterocycles. The van der Waals surface area contributed by atoms with Crippen LogP contribution in [-0.2, 0) is 9.59 Å². The first kappa shape index (κ1) is 11.3. The Kier molecular flexibility index (Phi) is 2.58. The number of hydrogen-bond acceptors (Lipinski definition) is 3. The van der Waals surface area contributed by atoms with E-state index in [1.807, 2.05) is 0 Å². The van der Waals surface area contributed by atoms with E-state index in [-0.39, 0.29) is 29.4 Å². The number of benzene rings is 1. The van der Waals surface area contributed by atoms with Crippen molar-refractivity contribution in [2.24, 2.45) is 11.8 Å². The van der Waals surface area contributed by atoms with Crippen molar-refractivity contribution in [1.29, 1.82) is 0 Å². The molecule has 1 aliphatic carbocycles. The average Bonchev–Trinajstić information content (AvgIpc) is 2.64. The third kappa shape index (κ3) is 1.52. The van der Waals surface area contributed by atoms with Crippen molar-refractivity contribution in [3.8, 4) is 5.75 Å².